The Balaban J connectivity index is 2.03. The Hall–Kier alpha value is -3.32. The summed E-state index contributed by atoms with van der Waals surface area (Å²) in [5.74, 6) is 0.665. The van der Waals surface area contributed by atoms with Gasteiger partial charge in [-0.25, -0.2) is 0 Å². The van der Waals surface area contributed by atoms with E-state index in [1.807, 2.05) is 0 Å². The summed E-state index contributed by atoms with van der Waals surface area (Å²) in [5, 5.41) is 13.8. The van der Waals surface area contributed by atoms with Crippen molar-refractivity contribution in [2.45, 2.75) is 0 Å². The molecule has 138 valence electrons. The van der Waals surface area contributed by atoms with E-state index in [-0.39, 0.29) is 16.6 Å². The molecule has 2 aromatic rings. The number of hydrogen-bond acceptors (Lipinski definition) is 5. The molecule has 0 saturated heterocycles. The molecular formula is C19H15ClN2O5. The van der Waals surface area contributed by atoms with Gasteiger partial charge >= 0.3 is 0 Å². The normalized spacial score (nSPS) is 13.9. The molecule has 8 heteroatoms. The second-order valence-electron chi connectivity index (χ2n) is 5.63. The number of nitro groups is 1. The number of fused-ring (bicyclic) bond motifs is 1. The van der Waals surface area contributed by atoms with E-state index in [0.29, 0.717) is 40.5 Å². The van der Waals surface area contributed by atoms with Gasteiger partial charge in [0.25, 0.3) is 11.6 Å². The summed E-state index contributed by atoms with van der Waals surface area (Å²) in [6.45, 7) is 3.93. The smallest absolute Gasteiger partial charge is 0.288 e. The topological polar surface area (TPSA) is 90.7 Å². The van der Waals surface area contributed by atoms with Crippen molar-refractivity contribution in [2.75, 3.05) is 19.0 Å². The molecule has 0 saturated carbocycles. The molecule has 0 fully saturated rings. The van der Waals surface area contributed by atoms with Crippen LogP contribution in [0.2, 0.25) is 5.02 Å². The number of anilines is 1. The van der Waals surface area contributed by atoms with Gasteiger partial charge in [-0.05, 0) is 29.8 Å². The summed E-state index contributed by atoms with van der Waals surface area (Å²) in [4.78, 5) is 22.9. The highest BCUT2D eigenvalue weighted by Crippen LogP contribution is 2.40. The summed E-state index contributed by atoms with van der Waals surface area (Å²) in [7, 11) is 1.51. The Morgan fingerprint density at radius 3 is 2.74 bits per heavy atom. The number of halogens is 1. The number of amides is 1. The largest absolute Gasteiger partial charge is 0.493 e. The first-order valence-electron chi connectivity index (χ1n) is 7.87. The molecule has 1 heterocycles. The third-order valence-corrected chi connectivity index (χ3v) is 4.22. The highest BCUT2D eigenvalue weighted by molar-refractivity contribution is 6.37. The molecule has 1 N–H and O–H groups in total. The fourth-order valence-electron chi connectivity index (χ4n) is 2.69. The zero-order valence-electron chi connectivity index (χ0n) is 14.3. The van der Waals surface area contributed by atoms with Crippen LogP contribution >= 0.6 is 11.6 Å². The Kier molecular flexibility index (Phi) is 5.14. The van der Waals surface area contributed by atoms with Gasteiger partial charge in [-0.15, -0.1) is 0 Å². The van der Waals surface area contributed by atoms with Crippen LogP contribution in [0.3, 0.4) is 0 Å². The fourth-order valence-corrected chi connectivity index (χ4v) is 2.92. The molecule has 0 bridgehead atoms. The highest BCUT2D eigenvalue weighted by atomic mass is 35.5. The van der Waals surface area contributed by atoms with Crippen molar-refractivity contribution in [3.05, 3.63) is 69.3 Å². The maximum absolute atomic E-state index is 12.3. The van der Waals surface area contributed by atoms with Crippen LogP contribution < -0.4 is 14.8 Å². The number of nitrogens with one attached hydrogen (secondary N) is 1. The van der Waals surface area contributed by atoms with Crippen LogP contribution in [0.5, 0.6) is 11.5 Å². The predicted octanol–water partition coefficient (Wildman–Crippen LogP) is 4.31. The van der Waals surface area contributed by atoms with Crippen LogP contribution in [0.25, 0.3) is 11.6 Å². The molecule has 1 aliphatic heterocycles. The van der Waals surface area contributed by atoms with E-state index >= 15 is 0 Å². The molecule has 7 nitrogen and oxygen atoms in total. The summed E-state index contributed by atoms with van der Waals surface area (Å²) < 4.78 is 10.8. The van der Waals surface area contributed by atoms with Crippen molar-refractivity contribution in [2.24, 2.45) is 0 Å². The van der Waals surface area contributed by atoms with Crippen LogP contribution in [0.4, 0.5) is 11.4 Å². The van der Waals surface area contributed by atoms with Crippen molar-refractivity contribution in [1.29, 1.82) is 0 Å². The Morgan fingerprint density at radius 1 is 1.30 bits per heavy atom. The van der Waals surface area contributed by atoms with Gasteiger partial charge in [0.05, 0.1) is 17.7 Å². The number of nitrogens with zero attached hydrogens (tertiary/aromatic N) is 1. The first kappa shape index (κ1) is 18.5. The summed E-state index contributed by atoms with van der Waals surface area (Å²) >= 11 is 5.91. The standard InChI is InChI=1S/C19H15ClN2O5/c1-3-6-27-17-5-4-11(8-18(17)26-2)7-13-12-9-16(22(24)25)14(20)10-15(12)21-19(13)23/h3-5,7-10H,1,6H2,2H3,(H,21,23)/b13-7+. The second-order valence-corrected chi connectivity index (χ2v) is 6.04. The van der Waals surface area contributed by atoms with Crippen LogP contribution in [-0.4, -0.2) is 24.5 Å². The third kappa shape index (κ3) is 3.63. The first-order valence-corrected chi connectivity index (χ1v) is 8.25. The van der Waals surface area contributed by atoms with E-state index < -0.39 is 4.92 Å². The third-order valence-electron chi connectivity index (χ3n) is 3.92. The van der Waals surface area contributed by atoms with E-state index in [9.17, 15) is 14.9 Å². The number of carbonyl (C=O) groups excluding carboxylic acids is 1. The lowest BCUT2D eigenvalue weighted by Gasteiger charge is -2.10. The van der Waals surface area contributed by atoms with E-state index in [2.05, 4.69) is 11.9 Å². The number of carbonyl (C=O) groups is 1. The average molecular weight is 387 g/mol. The van der Waals surface area contributed by atoms with Crippen molar-refractivity contribution >= 4 is 40.5 Å². The summed E-state index contributed by atoms with van der Waals surface area (Å²) in [6, 6.07) is 7.85. The van der Waals surface area contributed by atoms with Crippen LogP contribution in [0, 0.1) is 10.1 Å². The van der Waals surface area contributed by atoms with E-state index in [1.54, 1.807) is 30.4 Å². The van der Waals surface area contributed by atoms with Gasteiger partial charge in [-0.2, -0.15) is 0 Å². The monoisotopic (exact) mass is 386 g/mol. The lowest BCUT2D eigenvalue weighted by Crippen LogP contribution is -2.03. The molecule has 27 heavy (non-hydrogen) atoms. The number of hydrogen-bond donors (Lipinski definition) is 1. The van der Waals surface area contributed by atoms with Crippen molar-refractivity contribution < 1.29 is 19.2 Å². The molecule has 0 aromatic heterocycles. The zero-order valence-corrected chi connectivity index (χ0v) is 15.1. The lowest BCUT2D eigenvalue weighted by atomic mass is 10.0. The van der Waals surface area contributed by atoms with Gasteiger partial charge in [-0.1, -0.05) is 30.3 Å². The quantitative estimate of drug-likeness (QED) is 0.345. The van der Waals surface area contributed by atoms with Crippen LogP contribution in [-0.2, 0) is 4.79 Å². The Bertz CT molecular complexity index is 984. The average Bonchev–Trinajstić information content (AvgIpc) is 2.93. The minimum atomic E-state index is -0.586. The molecule has 2 aromatic carbocycles. The zero-order chi connectivity index (χ0) is 19.6. The number of benzene rings is 2. The molecule has 3 rings (SSSR count). The van der Waals surface area contributed by atoms with Gasteiger partial charge in [0.2, 0.25) is 0 Å². The van der Waals surface area contributed by atoms with E-state index in [4.69, 9.17) is 21.1 Å². The van der Waals surface area contributed by atoms with Crippen molar-refractivity contribution in [1.82, 2.24) is 0 Å². The van der Waals surface area contributed by atoms with Crippen molar-refractivity contribution in [3.63, 3.8) is 0 Å². The number of ether oxygens (including phenoxy) is 2. The maximum atomic E-state index is 12.3. The number of methoxy groups -OCH3 is 1. The maximum Gasteiger partial charge on any atom is 0.288 e. The lowest BCUT2D eigenvalue weighted by molar-refractivity contribution is -0.384. The molecule has 0 unspecified atom stereocenters. The minimum absolute atomic E-state index is 0.0364. The minimum Gasteiger partial charge on any atom is -0.493 e. The Morgan fingerprint density at radius 2 is 2.07 bits per heavy atom. The van der Waals surface area contributed by atoms with Gasteiger partial charge in [0.15, 0.2) is 11.5 Å². The molecule has 0 aliphatic carbocycles. The first-order chi connectivity index (χ1) is 12.9. The van der Waals surface area contributed by atoms with E-state index in [0.717, 1.165) is 0 Å². The molecule has 0 spiro atoms. The molecule has 1 amide bonds. The van der Waals surface area contributed by atoms with Crippen LogP contribution in [0.1, 0.15) is 11.1 Å². The van der Waals surface area contributed by atoms with Gasteiger partial charge < -0.3 is 14.8 Å². The Labute approximate surface area is 160 Å². The molecule has 0 atom stereocenters. The van der Waals surface area contributed by atoms with Gasteiger partial charge in [0.1, 0.15) is 11.6 Å². The highest BCUT2D eigenvalue weighted by Gasteiger charge is 2.28. The fraction of sp³-hybridized carbons (Fsp3) is 0.105. The number of rotatable bonds is 6. The predicted molar refractivity (Wildman–Crippen MR) is 103 cm³/mol. The SMILES string of the molecule is C=CCOc1ccc(/C=C2/C(=O)Nc3cc(Cl)c([N+](=O)[O-])cc32)cc1OC. The second kappa shape index (κ2) is 7.51. The molecule has 1 aliphatic rings. The van der Waals surface area contributed by atoms with Gasteiger partial charge in [0, 0.05) is 17.2 Å². The molecular weight excluding hydrogens is 372 g/mol. The van der Waals surface area contributed by atoms with Crippen LogP contribution in [0.15, 0.2) is 43.0 Å². The molecule has 0 radical (unpaired) electrons. The van der Waals surface area contributed by atoms with E-state index in [1.165, 1.54) is 19.2 Å². The summed E-state index contributed by atoms with van der Waals surface area (Å²) in [6.07, 6.45) is 3.24. The van der Waals surface area contributed by atoms with Crippen molar-refractivity contribution in [3.8, 4) is 11.5 Å². The van der Waals surface area contributed by atoms with Gasteiger partial charge in [-0.3, -0.25) is 14.9 Å². The summed E-state index contributed by atoms with van der Waals surface area (Å²) in [5.41, 5.74) is 1.56. The number of nitro benzene ring substituents is 1.